The molecule has 1 N–H and O–H groups in total. The van der Waals surface area contributed by atoms with Crippen LogP contribution in [0, 0.1) is 6.92 Å². The molecule has 0 saturated carbocycles. The molecule has 1 aliphatic heterocycles. The third-order valence-electron chi connectivity index (χ3n) is 4.00. The lowest BCUT2D eigenvalue weighted by atomic mass is 10.00. The fourth-order valence-electron chi connectivity index (χ4n) is 2.76. The van der Waals surface area contributed by atoms with Crippen molar-refractivity contribution >= 4 is 11.8 Å². The maximum absolute atomic E-state index is 12.3. The molecular weight excluding hydrogens is 322 g/mol. The van der Waals surface area contributed by atoms with Crippen LogP contribution in [-0.2, 0) is 6.42 Å². The Labute approximate surface area is 145 Å². The molecule has 6 nitrogen and oxygen atoms in total. The van der Waals surface area contributed by atoms with Gasteiger partial charge in [-0.2, -0.15) is 0 Å². The summed E-state index contributed by atoms with van der Waals surface area (Å²) in [6.45, 7) is 5.48. The third-order valence-corrected chi connectivity index (χ3v) is 4.00. The Morgan fingerprint density at radius 3 is 2.68 bits per heavy atom. The molecule has 3 rings (SSSR count). The normalized spacial score (nSPS) is 14.5. The van der Waals surface area contributed by atoms with Crippen molar-refractivity contribution in [2.24, 2.45) is 0 Å². The van der Waals surface area contributed by atoms with Gasteiger partial charge < -0.3 is 14.6 Å². The number of pyridine rings is 1. The molecule has 130 valence electrons. The zero-order chi connectivity index (χ0) is 18.2. The Hall–Kier alpha value is -2.89. The Kier molecular flexibility index (Phi) is 4.20. The Bertz CT molecular complexity index is 840. The highest BCUT2D eigenvalue weighted by Gasteiger charge is 2.33. The molecule has 0 amide bonds. The summed E-state index contributed by atoms with van der Waals surface area (Å²) in [6.07, 6.45) is 2.09. The minimum Gasteiger partial charge on any atom is -0.487 e. The van der Waals surface area contributed by atoms with E-state index in [0.717, 1.165) is 11.3 Å². The first-order valence-corrected chi connectivity index (χ1v) is 7.93. The number of ether oxygens (including phenoxy) is 2. The number of aromatic carboxylic acids is 1. The molecule has 0 spiro atoms. The van der Waals surface area contributed by atoms with Gasteiger partial charge in [-0.15, -0.1) is 0 Å². The van der Waals surface area contributed by atoms with E-state index in [-0.39, 0.29) is 18.0 Å². The number of carboxylic acids is 1. The number of hydrogen-bond acceptors (Lipinski definition) is 5. The first-order chi connectivity index (χ1) is 11.7. The van der Waals surface area contributed by atoms with Gasteiger partial charge in [0.2, 0.25) is 5.78 Å². The van der Waals surface area contributed by atoms with Crippen molar-refractivity contribution in [3.05, 3.63) is 52.8 Å². The van der Waals surface area contributed by atoms with Crippen LogP contribution in [0.5, 0.6) is 11.5 Å². The van der Waals surface area contributed by atoms with Gasteiger partial charge >= 0.3 is 5.97 Å². The van der Waals surface area contributed by atoms with Gasteiger partial charge in [-0.3, -0.25) is 9.78 Å². The number of aryl methyl sites for hydroxylation is 1. The number of hydrogen-bond donors (Lipinski definition) is 1. The van der Waals surface area contributed by atoms with Gasteiger partial charge in [0.05, 0.1) is 5.56 Å². The summed E-state index contributed by atoms with van der Waals surface area (Å²) in [4.78, 5) is 27.7. The number of benzene rings is 1. The summed E-state index contributed by atoms with van der Waals surface area (Å²) in [5, 5.41) is 9.27. The number of Topliss-reactive ketones (excluding diaryl/α,β-unsaturated/α-hetero) is 1. The Morgan fingerprint density at radius 1 is 1.28 bits per heavy atom. The maximum atomic E-state index is 12.3. The number of rotatable bonds is 5. The lowest BCUT2D eigenvalue weighted by Crippen LogP contribution is -2.24. The number of carboxylic acid groups (broad SMARTS) is 1. The molecule has 0 bridgehead atoms. The molecule has 1 aromatic heterocycles. The zero-order valence-corrected chi connectivity index (χ0v) is 14.3. The van der Waals surface area contributed by atoms with Gasteiger partial charge in [0.15, 0.2) is 6.61 Å². The molecule has 1 aliphatic rings. The van der Waals surface area contributed by atoms with Crippen LogP contribution in [0.2, 0.25) is 0 Å². The third kappa shape index (κ3) is 3.63. The van der Waals surface area contributed by atoms with Crippen LogP contribution in [0.25, 0.3) is 0 Å². The van der Waals surface area contributed by atoms with Crippen molar-refractivity contribution in [1.29, 1.82) is 0 Å². The summed E-state index contributed by atoms with van der Waals surface area (Å²) in [5.74, 6) is -0.437. The molecular formula is C19H19NO5. The SMILES string of the molecule is Cc1ccc(C(=O)COc2cc(C(=O)O)cc3c2CC(C)(C)O3)cn1. The smallest absolute Gasteiger partial charge is 0.335 e. The summed E-state index contributed by atoms with van der Waals surface area (Å²) in [5.41, 5.74) is 1.68. The standard InChI is InChI=1S/C19H19NO5/c1-11-4-5-12(9-20-11)15(21)10-24-16-6-13(18(22)23)7-17-14(16)8-19(2,3)25-17/h4-7,9H,8,10H2,1-3H3,(H,22,23). The van der Waals surface area contributed by atoms with Gasteiger partial charge in [0, 0.05) is 29.4 Å². The fraction of sp³-hybridized carbons (Fsp3) is 0.316. The van der Waals surface area contributed by atoms with Crippen LogP contribution in [0.4, 0.5) is 0 Å². The highest BCUT2D eigenvalue weighted by molar-refractivity contribution is 5.97. The van der Waals surface area contributed by atoms with Crippen LogP contribution in [0.15, 0.2) is 30.5 Å². The fourth-order valence-corrected chi connectivity index (χ4v) is 2.76. The second-order valence-corrected chi connectivity index (χ2v) is 6.69. The largest absolute Gasteiger partial charge is 0.487 e. The summed E-state index contributed by atoms with van der Waals surface area (Å²) in [6, 6.07) is 6.38. The van der Waals surface area contributed by atoms with E-state index < -0.39 is 11.6 Å². The molecule has 1 aromatic carbocycles. The van der Waals surface area contributed by atoms with Crippen LogP contribution < -0.4 is 9.47 Å². The minimum absolute atomic E-state index is 0.0656. The molecule has 0 radical (unpaired) electrons. The molecule has 0 unspecified atom stereocenters. The summed E-state index contributed by atoms with van der Waals surface area (Å²) in [7, 11) is 0. The van der Waals surface area contributed by atoms with Crippen LogP contribution >= 0.6 is 0 Å². The van der Waals surface area contributed by atoms with Crippen molar-refractivity contribution in [1.82, 2.24) is 4.98 Å². The Balaban J connectivity index is 1.83. The van der Waals surface area contributed by atoms with Crippen LogP contribution in [0.1, 0.15) is 45.8 Å². The van der Waals surface area contributed by atoms with E-state index in [0.29, 0.717) is 23.5 Å². The predicted octanol–water partition coefficient (Wildman–Crippen LogP) is 3.06. The highest BCUT2D eigenvalue weighted by Crippen LogP contribution is 2.41. The van der Waals surface area contributed by atoms with Gasteiger partial charge in [-0.25, -0.2) is 4.79 Å². The average molecular weight is 341 g/mol. The lowest BCUT2D eigenvalue weighted by Gasteiger charge is -2.16. The molecule has 25 heavy (non-hydrogen) atoms. The second-order valence-electron chi connectivity index (χ2n) is 6.69. The first kappa shape index (κ1) is 17.0. The number of nitrogens with zero attached hydrogens (tertiary/aromatic N) is 1. The number of carbonyl (C=O) groups is 2. The predicted molar refractivity (Wildman–Crippen MR) is 90.6 cm³/mol. The van der Waals surface area contributed by atoms with E-state index in [1.54, 1.807) is 12.1 Å². The quantitative estimate of drug-likeness (QED) is 0.841. The lowest BCUT2D eigenvalue weighted by molar-refractivity contribution is 0.0695. The number of fused-ring (bicyclic) bond motifs is 1. The van der Waals surface area contributed by atoms with Crippen molar-refractivity contribution in [2.45, 2.75) is 32.8 Å². The van der Waals surface area contributed by atoms with Crippen molar-refractivity contribution in [2.75, 3.05) is 6.61 Å². The van der Waals surface area contributed by atoms with Gasteiger partial charge in [0.1, 0.15) is 17.1 Å². The van der Waals surface area contributed by atoms with Crippen LogP contribution in [-0.4, -0.2) is 34.1 Å². The molecule has 2 aromatic rings. The average Bonchev–Trinajstić information content (AvgIpc) is 2.86. The molecule has 0 aliphatic carbocycles. The van der Waals surface area contributed by atoms with Gasteiger partial charge in [-0.1, -0.05) is 0 Å². The number of ketones is 1. The van der Waals surface area contributed by atoms with E-state index in [2.05, 4.69) is 4.98 Å². The van der Waals surface area contributed by atoms with E-state index in [4.69, 9.17) is 9.47 Å². The van der Waals surface area contributed by atoms with E-state index in [9.17, 15) is 14.7 Å². The minimum atomic E-state index is -1.07. The van der Waals surface area contributed by atoms with Gasteiger partial charge in [0.25, 0.3) is 0 Å². The van der Waals surface area contributed by atoms with E-state index in [1.165, 1.54) is 18.3 Å². The maximum Gasteiger partial charge on any atom is 0.335 e. The number of carbonyl (C=O) groups excluding carboxylic acids is 1. The van der Waals surface area contributed by atoms with E-state index in [1.807, 2.05) is 20.8 Å². The zero-order valence-electron chi connectivity index (χ0n) is 14.3. The first-order valence-electron chi connectivity index (χ1n) is 7.93. The Morgan fingerprint density at radius 2 is 2.04 bits per heavy atom. The van der Waals surface area contributed by atoms with E-state index >= 15 is 0 Å². The molecule has 0 saturated heterocycles. The topological polar surface area (TPSA) is 85.7 Å². The summed E-state index contributed by atoms with van der Waals surface area (Å²) < 4.78 is 11.5. The van der Waals surface area contributed by atoms with Crippen LogP contribution in [0.3, 0.4) is 0 Å². The van der Waals surface area contributed by atoms with Crippen molar-refractivity contribution in [3.63, 3.8) is 0 Å². The van der Waals surface area contributed by atoms with Crippen molar-refractivity contribution in [3.8, 4) is 11.5 Å². The molecule has 0 atom stereocenters. The monoisotopic (exact) mass is 341 g/mol. The molecule has 2 heterocycles. The summed E-state index contributed by atoms with van der Waals surface area (Å²) >= 11 is 0. The molecule has 0 fully saturated rings. The van der Waals surface area contributed by atoms with Gasteiger partial charge in [-0.05, 0) is 45.0 Å². The highest BCUT2D eigenvalue weighted by atomic mass is 16.5. The van der Waals surface area contributed by atoms with Crippen molar-refractivity contribution < 1.29 is 24.2 Å². The molecule has 6 heteroatoms. The second kappa shape index (κ2) is 6.20. The number of aromatic nitrogens is 1.